The predicted octanol–water partition coefficient (Wildman–Crippen LogP) is 1.68. The number of carbonyl (C=O) groups is 2. The molecule has 1 aromatic carbocycles. The summed E-state index contributed by atoms with van der Waals surface area (Å²) in [7, 11) is 0. The normalized spacial score (nSPS) is 19.0. The van der Waals surface area contributed by atoms with Gasteiger partial charge in [-0.2, -0.15) is 0 Å². The number of nitrogens with zero attached hydrogens (tertiary/aromatic N) is 2. The topological polar surface area (TPSA) is 89.9 Å². The summed E-state index contributed by atoms with van der Waals surface area (Å²) in [4.78, 5) is 39.9. The Bertz CT molecular complexity index is 1110. The third kappa shape index (κ3) is 3.56. The summed E-state index contributed by atoms with van der Waals surface area (Å²) in [5.41, 5.74) is 1.46. The molecule has 0 aliphatic carbocycles. The number of fused-ring (bicyclic) bond motifs is 1. The van der Waals surface area contributed by atoms with Crippen molar-refractivity contribution >= 4 is 11.8 Å². The number of amides is 2. The summed E-state index contributed by atoms with van der Waals surface area (Å²) in [6, 6.07) is 7.39. The Hall–Kier alpha value is -3.29. The first-order chi connectivity index (χ1) is 14.9. The second-order valence-corrected chi connectivity index (χ2v) is 8.74. The zero-order valence-electron chi connectivity index (χ0n) is 17.5. The van der Waals surface area contributed by atoms with Gasteiger partial charge < -0.3 is 24.3 Å². The Kier molecular flexibility index (Phi) is 4.72. The van der Waals surface area contributed by atoms with E-state index in [2.05, 4.69) is 5.32 Å². The van der Waals surface area contributed by atoms with Gasteiger partial charge in [0, 0.05) is 32.3 Å². The average Bonchev–Trinajstić information content (AvgIpc) is 3.37. The van der Waals surface area contributed by atoms with E-state index in [1.165, 1.54) is 0 Å². The summed E-state index contributed by atoms with van der Waals surface area (Å²) in [6.45, 7) is 4.13. The molecule has 0 saturated carbocycles. The molecule has 1 spiro atoms. The third-order valence-electron chi connectivity index (χ3n) is 6.68. The van der Waals surface area contributed by atoms with Crippen LogP contribution in [0.5, 0.6) is 11.5 Å². The first-order valence-electron chi connectivity index (χ1n) is 10.6. The highest BCUT2D eigenvalue weighted by Gasteiger charge is 2.42. The van der Waals surface area contributed by atoms with Crippen LogP contribution in [0, 0.1) is 12.3 Å². The van der Waals surface area contributed by atoms with Crippen molar-refractivity contribution in [2.75, 3.05) is 26.4 Å². The van der Waals surface area contributed by atoms with Gasteiger partial charge in [0.15, 0.2) is 11.5 Å². The molecule has 162 valence electrons. The summed E-state index contributed by atoms with van der Waals surface area (Å²) >= 11 is 0. The van der Waals surface area contributed by atoms with Crippen molar-refractivity contribution in [1.29, 1.82) is 0 Å². The molecule has 3 aliphatic rings. The van der Waals surface area contributed by atoms with Gasteiger partial charge in [-0.3, -0.25) is 14.4 Å². The van der Waals surface area contributed by atoms with Crippen molar-refractivity contribution in [3.8, 4) is 11.5 Å². The van der Waals surface area contributed by atoms with Crippen LogP contribution in [-0.4, -0.2) is 47.7 Å². The molecular weight excluding hydrogens is 398 g/mol. The predicted molar refractivity (Wildman–Crippen MR) is 112 cm³/mol. The van der Waals surface area contributed by atoms with Crippen LogP contribution < -0.4 is 20.3 Å². The van der Waals surface area contributed by atoms with Crippen molar-refractivity contribution < 1.29 is 19.1 Å². The van der Waals surface area contributed by atoms with Crippen LogP contribution in [0.3, 0.4) is 0 Å². The van der Waals surface area contributed by atoms with Gasteiger partial charge in [0.1, 0.15) is 5.56 Å². The van der Waals surface area contributed by atoms with Crippen LogP contribution in [-0.2, 0) is 11.3 Å². The lowest BCUT2D eigenvalue weighted by molar-refractivity contribution is -0.119. The summed E-state index contributed by atoms with van der Waals surface area (Å²) < 4.78 is 12.3. The maximum atomic E-state index is 13.3. The Balaban J connectivity index is 1.35. The van der Waals surface area contributed by atoms with Crippen molar-refractivity contribution in [3.63, 3.8) is 0 Å². The SMILES string of the molecule is Cc1ccn(Cc2ccc3c(c2)OCO3)c(=O)c1C(=O)N1CCC2(CC1)CNC(=O)C2. The van der Waals surface area contributed by atoms with Crippen molar-refractivity contribution in [2.45, 2.75) is 32.7 Å². The molecule has 1 aromatic heterocycles. The van der Waals surface area contributed by atoms with Crippen LogP contribution in [0.15, 0.2) is 35.3 Å². The molecule has 2 amide bonds. The number of carbonyl (C=O) groups excluding carboxylic acids is 2. The molecule has 1 N–H and O–H groups in total. The van der Waals surface area contributed by atoms with Crippen molar-refractivity contribution in [2.24, 2.45) is 5.41 Å². The molecule has 5 rings (SSSR count). The van der Waals surface area contributed by atoms with Gasteiger partial charge in [0.25, 0.3) is 11.5 Å². The fourth-order valence-corrected chi connectivity index (χ4v) is 4.73. The fourth-order valence-electron chi connectivity index (χ4n) is 4.73. The molecule has 3 aliphatic heterocycles. The van der Waals surface area contributed by atoms with Gasteiger partial charge in [-0.1, -0.05) is 6.07 Å². The number of hydrogen-bond donors (Lipinski definition) is 1. The number of nitrogens with one attached hydrogen (secondary N) is 1. The summed E-state index contributed by atoms with van der Waals surface area (Å²) in [6.07, 6.45) is 3.80. The van der Waals surface area contributed by atoms with E-state index >= 15 is 0 Å². The van der Waals surface area contributed by atoms with Crippen molar-refractivity contribution in [1.82, 2.24) is 14.8 Å². The Morgan fingerprint density at radius 2 is 1.90 bits per heavy atom. The van der Waals surface area contributed by atoms with E-state index in [-0.39, 0.29) is 35.1 Å². The number of hydrogen-bond acceptors (Lipinski definition) is 5. The lowest BCUT2D eigenvalue weighted by atomic mass is 9.77. The van der Waals surface area contributed by atoms with Gasteiger partial charge in [-0.15, -0.1) is 0 Å². The minimum absolute atomic E-state index is 0.0425. The zero-order valence-corrected chi connectivity index (χ0v) is 17.5. The molecule has 31 heavy (non-hydrogen) atoms. The average molecular weight is 423 g/mol. The van der Waals surface area contributed by atoms with E-state index < -0.39 is 0 Å². The lowest BCUT2D eigenvalue weighted by Gasteiger charge is -2.38. The van der Waals surface area contributed by atoms with Crippen LogP contribution in [0.4, 0.5) is 0 Å². The van der Waals surface area contributed by atoms with Gasteiger partial charge >= 0.3 is 0 Å². The van der Waals surface area contributed by atoms with Gasteiger partial charge in [0.2, 0.25) is 12.7 Å². The monoisotopic (exact) mass is 423 g/mol. The molecule has 0 unspecified atom stereocenters. The number of likely N-dealkylation sites (tertiary alicyclic amines) is 1. The number of pyridine rings is 1. The minimum atomic E-state index is -0.291. The number of aromatic nitrogens is 1. The molecule has 0 radical (unpaired) electrons. The Labute approximate surface area is 179 Å². The summed E-state index contributed by atoms with van der Waals surface area (Å²) in [5, 5.41) is 2.91. The first kappa shape index (κ1) is 19.7. The molecule has 2 saturated heterocycles. The molecule has 4 heterocycles. The van der Waals surface area contributed by atoms with E-state index in [1.54, 1.807) is 22.6 Å². The zero-order chi connectivity index (χ0) is 21.6. The Morgan fingerprint density at radius 1 is 1.13 bits per heavy atom. The molecular formula is C23H25N3O5. The lowest BCUT2D eigenvalue weighted by Crippen LogP contribution is -2.46. The smallest absolute Gasteiger partial charge is 0.263 e. The minimum Gasteiger partial charge on any atom is -0.454 e. The van der Waals surface area contributed by atoms with Gasteiger partial charge in [-0.05, 0) is 54.5 Å². The van der Waals surface area contributed by atoms with Crippen LogP contribution in [0.1, 0.15) is 40.7 Å². The van der Waals surface area contributed by atoms with Crippen LogP contribution >= 0.6 is 0 Å². The Morgan fingerprint density at radius 3 is 2.65 bits per heavy atom. The highest BCUT2D eigenvalue weighted by atomic mass is 16.7. The maximum absolute atomic E-state index is 13.3. The number of aryl methyl sites for hydroxylation is 1. The van der Waals surface area contributed by atoms with E-state index in [0.29, 0.717) is 49.7 Å². The number of rotatable bonds is 3. The quantitative estimate of drug-likeness (QED) is 0.811. The number of ether oxygens (including phenoxy) is 2. The molecule has 2 aromatic rings. The van der Waals surface area contributed by atoms with E-state index in [0.717, 1.165) is 18.4 Å². The fraction of sp³-hybridized carbons (Fsp3) is 0.435. The highest BCUT2D eigenvalue weighted by Crippen LogP contribution is 2.37. The largest absolute Gasteiger partial charge is 0.454 e. The summed E-state index contributed by atoms with van der Waals surface area (Å²) in [5.74, 6) is 1.22. The number of benzene rings is 1. The van der Waals surface area contributed by atoms with Crippen LogP contribution in [0.25, 0.3) is 0 Å². The standard InChI is InChI=1S/C23H25N3O5/c1-15-4-7-26(12-16-2-3-17-18(10-16)31-14-30-17)22(29)20(15)21(28)25-8-5-23(6-9-25)11-19(27)24-13-23/h2-4,7,10H,5-6,8-9,11-14H2,1H3,(H,24,27). The molecule has 8 heteroatoms. The van der Waals surface area contributed by atoms with Gasteiger partial charge in [-0.25, -0.2) is 0 Å². The van der Waals surface area contributed by atoms with E-state index in [4.69, 9.17) is 9.47 Å². The first-order valence-corrected chi connectivity index (χ1v) is 10.6. The molecule has 8 nitrogen and oxygen atoms in total. The number of piperidine rings is 1. The van der Waals surface area contributed by atoms with E-state index in [9.17, 15) is 14.4 Å². The molecule has 0 atom stereocenters. The second-order valence-electron chi connectivity index (χ2n) is 8.74. The van der Waals surface area contributed by atoms with Crippen molar-refractivity contribution in [3.05, 3.63) is 57.5 Å². The van der Waals surface area contributed by atoms with Crippen LogP contribution in [0.2, 0.25) is 0 Å². The second kappa shape index (κ2) is 7.44. The van der Waals surface area contributed by atoms with E-state index in [1.807, 2.05) is 24.3 Å². The van der Waals surface area contributed by atoms with Gasteiger partial charge in [0.05, 0.1) is 6.54 Å². The molecule has 2 fully saturated rings. The highest BCUT2D eigenvalue weighted by molar-refractivity contribution is 5.95. The maximum Gasteiger partial charge on any atom is 0.263 e. The molecule has 0 bridgehead atoms. The third-order valence-corrected chi connectivity index (χ3v) is 6.68.